The zero-order chi connectivity index (χ0) is 18.3. The summed E-state index contributed by atoms with van der Waals surface area (Å²) in [6.45, 7) is 7.65. The van der Waals surface area contributed by atoms with Crippen molar-refractivity contribution in [2.75, 3.05) is 11.0 Å². The Bertz CT molecular complexity index is 990. The smallest absolute Gasteiger partial charge is 0.262 e. The second-order valence-electron chi connectivity index (χ2n) is 5.67. The lowest BCUT2D eigenvalue weighted by atomic mass is 10.2. The zero-order valence-corrected chi connectivity index (χ0v) is 15.9. The number of hydrogen-bond acceptors (Lipinski definition) is 5. The fourth-order valence-electron chi connectivity index (χ4n) is 2.44. The number of anilines is 1. The minimum atomic E-state index is -3.93. The van der Waals surface area contributed by atoms with Crippen molar-refractivity contribution in [2.45, 2.75) is 44.0 Å². The van der Waals surface area contributed by atoms with Crippen LogP contribution in [0, 0.1) is 20.8 Å². The molecule has 9 heteroatoms. The minimum Gasteiger partial charge on any atom is -0.276 e. The van der Waals surface area contributed by atoms with Gasteiger partial charge in [-0.2, -0.15) is 5.10 Å². The fraction of sp³-hybridized carbons (Fsp3) is 0.400. The molecule has 0 spiro atoms. The first-order valence-electron chi connectivity index (χ1n) is 7.35. The summed E-state index contributed by atoms with van der Waals surface area (Å²) < 4.78 is 53.2. The van der Waals surface area contributed by atoms with Crippen LogP contribution in [-0.4, -0.2) is 32.9 Å². The number of aromatic nitrogens is 2. The number of hydrogen-bond donors (Lipinski definition) is 1. The van der Waals surface area contributed by atoms with Crippen LogP contribution in [0.5, 0.6) is 0 Å². The third kappa shape index (κ3) is 3.46. The molecule has 0 aliphatic heterocycles. The van der Waals surface area contributed by atoms with Gasteiger partial charge < -0.3 is 0 Å². The molecule has 7 nitrogen and oxygen atoms in total. The van der Waals surface area contributed by atoms with Gasteiger partial charge in [0, 0.05) is 12.8 Å². The summed E-state index contributed by atoms with van der Waals surface area (Å²) in [5.41, 5.74) is 2.15. The molecule has 0 aliphatic carbocycles. The molecule has 24 heavy (non-hydrogen) atoms. The van der Waals surface area contributed by atoms with Crippen LogP contribution in [0.3, 0.4) is 0 Å². The quantitative estimate of drug-likeness (QED) is 0.867. The Balaban J connectivity index is 2.55. The lowest BCUT2D eigenvalue weighted by Gasteiger charge is -2.12. The van der Waals surface area contributed by atoms with E-state index >= 15 is 0 Å². The van der Waals surface area contributed by atoms with Gasteiger partial charge in [0.15, 0.2) is 9.84 Å². The van der Waals surface area contributed by atoms with E-state index in [9.17, 15) is 16.8 Å². The van der Waals surface area contributed by atoms with E-state index in [1.165, 1.54) is 18.2 Å². The predicted molar refractivity (Wildman–Crippen MR) is 92.5 cm³/mol. The van der Waals surface area contributed by atoms with E-state index in [1.807, 2.05) is 6.92 Å². The van der Waals surface area contributed by atoms with E-state index in [1.54, 1.807) is 25.5 Å². The second-order valence-corrected chi connectivity index (χ2v) is 9.33. The van der Waals surface area contributed by atoms with Gasteiger partial charge in [0.2, 0.25) is 0 Å². The van der Waals surface area contributed by atoms with Crippen molar-refractivity contribution >= 4 is 25.5 Å². The van der Waals surface area contributed by atoms with Gasteiger partial charge in [0.05, 0.1) is 26.9 Å². The summed E-state index contributed by atoms with van der Waals surface area (Å²) in [7, 11) is -7.43. The van der Waals surface area contributed by atoms with Crippen LogP contribution in [0.15, 0.2) is 28.0 Å². The Morgan fingerprint density at radius 2 is 1.75 bits per heavy atom. The van der Waals surface area contributed by atoms with Crippen LogP contribution in [0.25, 0.3) is 0 Å². The van der Waals surface area contributed by atoms with Gasteiger partial charge in [-0.1, -0.05) is 6.07 Å². The van der Waals surface area contributed by atoms with Crippen molar-refractivity contribution in [3.8, 4) is 0 Å². The highest BCUT2D eigenvalue weighted by Gasteiger charge is 2.23. The highest BCUT2D eigenvalue weighted by Crippen LogP contribution is 2.26. The second kappa shape index (κ2) is 6.21. The van der Waals surface area contributed by atoms with Crippen LogP contribution < -0.4 is 4.72 Å². The maximum Gasteiger partial charge on any atom is 0.262 e. The van der Waals surface area contributed by atoms with Gasteiger partial charge >= 0.3 is 0 Å². The Labute approximate surface area is 142 Å². The van der Waals surface area contributed by atoms with Crippen molar-refractivity contribution in [3.63, 3.8) is 0 Å². The lowest BCUT2D eigenvalue weighted by molar-refractivity contribution is 0.599. The first kappa shape index (κ1) is 18.5. The van der Waals surface area contributed by atoms with E-state index in [-0.39, 0.29) is 9.79 Å². The van der Waals surface area contributed by atoms with E-state index in [4.69, 9.17) is 0 Å². The third-order valence-electron chi connectivity index (χ3n) is 3.79. The lowest BCUT2D eigenvalue weighted by Crippen LogP contribution is -2.16. The zero-order valence-electron chi connectivity index (χ0n) is 14.3. The van der Waals surface area contributed by atoms with Crippen molar-refractivity contribution in [1.29, 1.82) is 0 Å². The van der Waals surface area contributed by atoms with Crippen molar-refractivity contribution in [1.82, 2.24) is 9.78 Å². The molecule has 1 aromatic carbocycles. The fourth-order valence-corrected chi connectivity index (χ4v) is 4.61. The summed E-state index contributed by atoms with van der Waals surface area (Å²) in [6.07, 6.45) is 1.04. The molecule has 132 valence electrons. The van der Waals surface area contributed by atoms with Gasteiger partial charge in [-0.25, -0.2) is 16.8 Å². The molecule has 1 aromatic heterocycles. The van der Waals surface area contributed by atoms with E-state index in [0.717, 1.165) is 6.26 Å². The first-order valence-corrected chi connectivity index (χ1v) is 10.7. The molecular formula is C15H21N3O4S2. The van der Waals surface area contributed by atoms with Gasteiger partial charge in [0.25, 0.3) is 10.0 Å². The standard InChI is InChI=1S/C15H21N3O4S2/c1-6-18-12(4)15(11(3)16-18)17-24(21,22)14-9-13(23(5,19)20)8-7-10(14)2/h7-9,17H,6H2,1-5H3. The molecule has 1 N–H and O–H groups in total. The molecule has 0 fully saturated rings. The third-order valence-corrected chi connectivity index (χ3v) is 6.40. The maximum absolute atomic E-state index is 12.8. The SMILES string of the molecule is CCn1nc(C)c(NS(=O)(=O)c2cc(S(C)(=O)=O)ccc2C)c1C. The van der Waals surface area contributed by atoms with Gasteiger partial charge in [0.1, 0.15) is 0 Å². The molecule has 2 rings (SSSR count). The topological polar surface area (TPSA) is 98.1 Å². The summed E-state index contributed by atoms with van der Waals surface area (Å²) in [4.78, 5) is -0.0976. The number of rotatable bonds is 5. The molecule has 0 bridgehead atoms. The molecule has 0 saturated carbocycles. The number of sulfone groups is 1. The minimum absolute atomic E-state index is 0.0360. The highest BCUT2D eigenvalue weighted by molar-refractivity contribution is 7.93. The average molecular weight is 371 g/mol. The Kier molecular flexibility index (Phi) is 4.78. The monoisotopic (exact) mass is 371 g/mol. The number of aryl methyl sites for hydroxylation is 3. The molecule has 0 aliphatic rings. The predicted octanol–water partition coefficient (Wildman–Crippen LogP) is 2.03. The Hall–Kier alpha value is -1.87. The molecule has 0 saturated heterocycles. The molecule has 2 aromatic rings. The Morgan fingerprint density at radius 1 is 1.12 bits per heavy atom. The first-order chi connectivity index (χ1) is 11.0. The maximum atomic E-state index is 12.8. The molecule has 0 atom stereocenters. The normalized spacial score (nSPS) is 12.4. The average Bonchev–Trinajstić information content (AvgIpc) is 2.73. The van der Waals surface area contributed by atoms with Crippen LogP contribution in [0.1, 0.15) is 23.9 Å². The summed E-state index contributed by atoms with van der Waals surface area (Å²) in [5, 5.41) is 4.28. The molecule has 0 radical (unpaired) electrons. The Morgan fingerprint density at radius 3 is 2.25 bits per heavy atom. The van der Waals surface area contributed by atoms with Gasteiger partial charge in [-0.3, -0.25) is 9.40 Å². The summed E-state index contributed by atoms with van der Waals surface area (Å²) in [6, 6.07) is 4.07. The largest absolute Gasteiger partial charge is 0.276 e. The number of nitrogens with zero attached hydrogens (tertiary/aromatic N) is 2. The van der Waals surface area contributed by atoms with E-state index in [0.29, 0.717) is 29.2 Å². The molecular weight excluding hydrogens is 350 g/mol. The number of nitrogens with one attached hydrogen (secondary N) is 1. The highest BCUT2D eigenvalue weighted by atomic mass is 32.2. The van der Waals surface area contributed by atoms with Crippen molar-refractivity contribution in [3.05, 3.63) is 35.2 Å². The van der Waals surface area contributed by atoms with Crippen molar-refractivity contribution < 1.29 is 16.8 Å². The van der Waals surface area contributed by atoms with Crippen LogP contribution in [-0.2, 0) is 26.4 Å². The van der Waals surface area contributed by atoms with Gasteiger partial charge in [-0.15, -0.1) is 0 Å². The van der Waals surface area contributed by atoms with Crippen LogP contribution in [0.2, 0.25) is 0 Å². The summed E-state index contributed by atoms with van der Waals surface area (Å²) in [5.74, 6) is 0. The number of benzene rings is 1. The molecule has 1 heterocycles. The number of sulfonamides is 1. The van der Waals surface area contributed by atoms with Gasteiger partial charge in [-0.05, 0) is 45.4 Å². The molecule has 0 amide bonds. The summed E-state index contributed by atoms with van der Waals surface area (Å²) >= 11 is 0. The van der Waals surface area contributed by atoms with Crippen LogP contribution >= 0.6 is 0 Å². The molecule has 0 unspecified atom stereocenters. The van der Waals surface area contributed by atoms with Crippen LogP contribution in [0.4, 0.5) is 5.69 Å². The van der Waals surface area contributed by atoms with E-state index < -0.39 is 19.9 Å². The van der Waals surface area contributed by atoms with E-state index in [2.05, 4.69) is 9.82 Å². The van der Waals surface area contributed by atoms with Crippen molar-refractivity contribution in [2.24, 2.45) is 0 Å².